The van der Waals surface area contributed by atoms with Crippen molar-refractivity contribution in [3.05, 3.63) is 157 Å². The van der Waals surface area contributed by atoms with E-state index in [1.54, 1.807) is 0 Å². The Hall–Kier alpha value is -5.66. The molecule has 0 saturated heterocycles. The molecule has 0 aliphatic heterocycles. The molecule has 0 unspecified atom stereocenters. The van der Waals surface area contributed by atoms with Crippen molar-refractivity contribution in [3.8, 4) is 33.4 Å². The van der Waals surface area contributed by atoms with Crippen molar-refractivity contribution in [3.63, 3.8) is 0 Å². The second-order valence-electron chi connectivity index (χ2n) is 13.2. The second kappa shape index (κ2) is 9.19. The highest BCUT2D eigenvalue weighted by Gasteiger charge is 2.37. The number of furan rings is 1. The molecule has 0 spiro atoms. The van der Waals surface area contributed by atoms with Crippen molar-refractivity contribution in [2.75, 3.05) is 0 Å². The number of benzene rings is 8. The average molecular weight is 587 g/mol. The molecule has 0 saturated carbocycles. The first-order valence-electron chi connectivity index (χ1n) is 16.1. The van der Waals surface area contributed by atoms with Crippen LogP contribution >= 0.6 is 0 Å². The van der Waals surface area contributed by atoms with Gasteiger partial charge in [-0.05, 0) is 89.6 Å². The number of hydrogen-bond acceptors (Lipinski definition) is 1. The Morgan fingerprint density at radius 2 is 1.07 bits per heavy atom. The third-order valence-electron chi connectivity index (χ3n) is 10.4. The minimum atomic E-state index is -0.167. The Bertz CT molecular complexity index is 2720. The summed E-state index contributed by atoms with van der Waals surface area (Å²) in [5.41, 5.74) is 12.2. The van der Waals surface area contributed by atoms with Crippen molar-refractivity contribution in [1.29, 1.82) is 0 Å². The van der Waals surface area contributed by atoms with E-state index in [0.717, 1.165) is 16.6 Å². The molecule has 1 aliphatic carbocycles. The van der Waals surface area contributed by atoms with E-state index in [1.165, 1.54) is 82.2 Å². The van der Waals surface area contributed by atoms with Crippen molar-refractivity contribution in [2.45, 2.75) is 19.3 Å². The first-order chi connectivity index (χ1) is 22.6. The standard InChI is InChI=1S/C45H30O/c1-45(2)40-26-29(31-15-9-19-41-42(31)39-23-20-28-11-4-6-14-32(28)44(39)46-41)21-22-36(40)38-25-24-35-34(17-8-18-37(35)43(38)45)33-16-7-12-27-10-3-5-13-30(27)33/h3-26H,1-2H3. The van der Waals surface area contributed by atoms with Crippen LogP contribution in [0.2, 0.25) is 0 Å². The first kappa shape index (κ1) is 25.6. The zero-order valence-corrected chi connectivity index (χ0v) is 25.8. The van der Waals surface area contributed by atoms with Gasteiger partial charge in [0.05, 0.1) is 0 Å². The summed E-state index contributed by atoms with van der Waals surface area (Å²) < 4.78 is 6.53. The molecule has 0 bridgehead atoms. The van der Waals surface area contributed by atoms with E-state index in [2.05, 4.69) is 159 Å². The maximum atomic E-state index is 6.53. The Morgan fingerprint density at radius 1 is 0.435 bits per heavy atom. The summed E-state index contributed by atoms with van der Waals surface area (Å²) in [5.74, 6) is 0. The van der Waals surface area contributed by atoms with Crippen molar-refractivity contribution < 1.29 is 4.42 Å². The SMILES string of the molecule is CC1(C)c2cc(-c3cccc4oc5c6ccccc6ccc5c34)ccc2-c2ccc3c(-c4cccc5ccccc45)cccc3c21. The van der Waals surface area contributed by atoms with Crippen LogP contribution in [0.4, 0.5) is 0 Å². The minimum Gasteiger partial charge on any atom is -0.455 e. The van der Waals surface area contributed by atoms with Crippen LogP contribution in [-0.2, 0) is 5.41 Å². The van der Waals surface area contributed by atoms with Crippen molar-refractivity contribution >= 4 is 54.3 Å². The lowest BCUT2D eigenvalue weighted by molar-refractivity contribution is 0.666. The summed E-state index contributed by atoms with van der Waals surface area (Å²) in [6, 6.07) is 53.3. The monoisotopic (exact) mass is 586 g/mol. The molecule has 0 atom stereocenters. The maximum Gasteiger partial charge on any atom is 0.143 e. The van der Waals surface area contributed by atoms with E-state index >= 15 is 0 Å². The molecule has 1 nitrogen and oxygen atoms in total. The highest BCUT2D eigenvalue weighted by molar-refractivity contribution is 6.19. The topological polar surface area (TPSA) is 13.1 Å². The van der Waals surface area contributed by atoms with E-state index in [0.29, 0.717) is 0 Å². The highest BCUT2D eigenvalue weighted by atomic mass is 16.3. The predicted molar refractivity (Wildman–Crippen MR) is 195 cm³/mol. The van der Waals surface area contributed by atoms with Crippen LogP contribution < -0.4 is 0 Å². The van der Waals surface area contributed by atoms with E-state index in [-0.39, 0.29) is 5.41 Å². The highest BCUT2D eigenvalue weighted by Crippen LogP contribution is 2.53. The van der Waals surface area contributed by atoms with Gasteiger partial charge in [-0.1, -0.05) is 141 Å². The summed E-state index contributed by atoms with van der Waals surface area (Å²) in [6.07, 6.45) is 0. The summed E-state index contributed by atoms with van der Waals surface area (Å²) in [7, 11) is 0. The summed E-state index contributed by atoms with van der Waals surface area (Å²) in [6.45, 7) is 4.79. The van der Waals surface area contributed by atoms with Gasteiger partial charge in [0.1, 0.15) is 11.2 Å². The summed E-state index contributed by atoms with van der Waals surface area (Å²) >= 11 is 0. The van der Waals surface area contributed by atoms with E-state index in [9.17, 15) is 0 Å². The molecule has 0 amide bonds. The zero-order chi connectivity index (χ0) is 30.6. The zero-order valence-electron chi connectivity index (χ0n) is 25.8. The second-order valence-corrected chi connectivity index (χ2v) is 13.2. The Balaban J connectivity index is 1.17. The van der Waals surface area contributed by atoms with Gasteiger partial charge in [-0.15, -0.1) is 0 Å². The molecule has 1 heterocycles. The van der Waals surface area contributed by atoms with Crippen molar-refractivity contribution in [1.82, 2.24) is 0 Å². The van der Waals surface area contributed by atoms with E-state index in [4.69, 9.17) is 4.42 Å². The molecule has 0 fully saturated rings. The van der Waals surface area contributed by atoms with Gasteiger partial charge in [-0.3, -0.25) is 0 Å². The smallest absolute Gasteiger partial charge is 0.143 e. The van der Waals surface area contributed by atoms with Gasteiger partial charge >= 0.3 is 0 Å². The van der Waals surface area contributed by atoms with Crippen LogP contribution in [0.15, 0.2) is 150 Å². The molecule has 0 radical (unpaired) electrons. The normalized spacial score (nSPS) is 13.6. The van der Waals surface area contributed by atoms with Crippen LogP contribution in [0.5, 0.6) is 0 Å². The molecule has 9 aromatic rings. The summed E-state index contributed by atoms with van der Waals surface area (Å²) in [5, 5.41) is 9.90. The molecule has 8 aromatic carbocycles. The number of fused-ring (bicyclic) bond motifs is 11. The van der Waals surface area contributed by atoms with Crippen molar-refractivity contribution in [2.24, 2.45) is 0 Å². The molecule has 1 aromatic heterocycles. The first-order valence-corrected chi connectivity index (χ1v) is 16.1. The fourth-order valence-corrected chi connectivity index (χ4v) is 8.34. The van der Waals surface area contributed by atoms with Gasteiger partial charge in [0.15, 0.2) is 0 Å². The van der Waals surface area contributed by atoms with Crippen LogP contribution in [0, 0.1) is 0 Å². The van der Waals surface area contributed by atoms with Crippen LogP contribution in [-0.4, -0.2) is 0 Å². The van der Waals surface area contributed by atoms with Gasteiger partial charge in [0.25, 0.3) is 0 Å². The van der Waals surface area contributed by atoms with E-state index in [1.807, 2.05) is 0 Å². The van der Waals surface area contributed by atoms with Gasteiger partial charge in [0.2, 0.25) is 0 Å². The molecule has 1 aliphatic rings. The Kier molecular flexibility index (Phi) is 5.12. The Labute approximate surface area is 267 Å². The van der Waals surface area contributed by atoms with Gasteiger partial charge in [-0.2, -0.15) is 0 Å². The molecule has 1 heteroatoms. The van der Waals surface area contributed by atoms with E-state index < -0.39 is 0 Å². The molecular formula is C45H30O. The van der Waals surface area contributed by atoms with Crippen LogP contribution in [0.3, 0.4) is 0 Å². The lowest BCUT2D eigenvalue weighted by Gasteiger charge is -2.24. The molecule has 46 heavy (non-hydrogen) atoms. The molecule has 216 valence electrons. The quantitative estimate of drug-likeness (QED) is 0.196. The third-order valence-corrected chi connectivity index (χ3v) is 10.4. The molecular weight excluding hydrogens is 556 g/mol. The fraction of sp³-hybridized carbons (Fsp3) is 0.0667. The predicted octanol–water partition coefficient (Wildman–Crippen LogP) is 12.7. The van der Waals surface area contributed by atoms with Crippen LogP contribution in [0.25, 0.3) is 87.6 Å². The molecule has 0 N–H and O–H groups in total. The lowest BCUT2D eigenvalue weighted by atomic mass is 9.79. The Morgan fingerprint density at radius 3 is 1.93 bits per heavy atom. The largest absolute Gasteiger partial charge is 0.455 e. The average Bonchev–Trinajstić information content (AvgIpc) is 3.60. The summed E-state index contributed by atoms with van der Waals surface area (Å²) in [4.78, 5) is 0. The lowest BCUT2D eigenvalue weighted by Crippen LogP contribution is -2.15. The minimum absolute atomic E-state index is 0.167. The number of hydrogen-bond donors (Lipinski definition) is 0. The molecule has 10 rings (SSSR count). The van der Waals surface area contributed by atoms with Gasteiger partial charge < -0.3 is 4.42 Å². The fourth-order valence-electron chi connectivity index (χ4n) is 8.34. The third kappa shape index (κ3) is 3.40. The maximum absolute atomic E-state index is 6.53. The number of rotatable bonds is 2. The van der Waals surface area contributed by atoms with Crippen LogP contribution in [0.1, 0.15) is 25.0 Å². The van der Waals surface area contributed by atoms with Gasteiger partial charge in [-0.25, -0.2) is 0 Å². The van der Waals surface area contributed by atoms with Gasteiger partial charge in [0, 0.05) is 21.6 Å².